The Kier molecular flexibility index (Phi) is 6.09. The van der Waals surface area contributed by atoms with Crippen LogP contribution in [0.2, 0.25) is 0 Å². The van der Waals surface area contributed by atoms with E-state index >= 15 is 0 Å². The van der Waals surface area contributed by atoms with Gasteiger partial charge >= 0.3 is 11.9 Å². The van der Waals surface area contributed by atoms with Crippen LogP contribution < -0.4 is 11.5 Å². The summed E-state index contributed by atoms with van der Waals surface area (Å²) in [5.74, 6) is -0.940. The normalized spacial score (nSPS) is 9.80. The second-order valence-electron chi connectivity index (χ2n) is 4.10. The Morgan fingerprint density at radius 2 is 1.60 bits per heavy atom. The Morgan fingerprint density at radius 3 is 2.15 bits per heavy atom. The summed E-state index contributed by atoms with van der Waals surface area (Å²) >= 11 is 0. The van der Waals surface area contributed by atoms with Gasteiger partial charge in [0.05, 0.1) is 18.8 Å². The van der Waals surface area contributed by atoms with Gasteiger partial charge in [0.25, 0.3) is 0 Å². The molecule has 6 heteroatoms. The Bertz CT molecular complexity index is 480. The molecule has 4 N–H and O–H groups in total. The van der Waals surface area contributed by atoms with Crippen LogP contribution in [0.4, 0.5) is 11.4 Å². The van der Waals surface area contributed by atoms with Crippen molar-refractivity contribution in [1.29, 1.82) is 0 Å². The zero-order valence-corrected chi connectivity index (χ0v) is 11.1. The summed E-state index contributed by atoms with van der Waals surface area (Å²) in [7, 11) is 0. The maximum Gasteiger partial charge on any atom is 0.338 e. The van der Waals surface area contributed by atoms with Gasteiger partial charge in [-0.15, -0.1) is 0 Å². The van der Waals surface area contributed by atoms with E-state index in [1.54, 1.807) is 6.07 Å². The van der Waals surface area contributed by atoms with Gasteiger partial charge in [-0.25, -0.2) is 9.59 Å². The number of rotatable bonds is 7. The van der Waals surface area contributed by atoms with Crippen molar-refractivity contribution in [3.63, 3.8) is 0 Å². The van der Waals surface area contributed by atoms with Gasteiger partial charge in [0, 0.05) is 17.5 Å². The van der Waals surface area contributed by atoms with Crippen LogP contribution in [0.5, 0.6) is 0 Å². The molecule has 1 aromatic rings. The summed E-state index contributed by atoms with van der Waals surface area (Å²) in [4.78, 5) is 22.5. The number of hydrogen-bond acceptors (Lipinski definition) is 6. The molecule has 0 atom stereocenters. The van der Waals surface area contributed by atoms with Gasteiger partial charge in [0.1, 0.15) is 0 Å². The number of ether oxygens (including phenoxy) is 2. The fraction of sp³-hybridized carbons (Fsp3) is 0.286. The molecule has 6 nitrogen and oxygen atoms in total. The fourth-order valence-corrected chi connectivity index (χ4v) is 1.48. The second kappa shape index (κ2) is 7.83. The number of nitrogens with two attached hydrogens (primary N) is 2. The lowest BCUT2D eigenvalue weighted by Gasteiger charge is -2.06. The average molecular weight is 278 g/mol. The summed E-state index contributed by atoms with van der Waals surface area (Å²) in [6.07, 6.45) is 2.30. The minimum Gasteiger partial charge on any atom is -0.463 e. The summed E-state index contributed by atoms with van der Waals surface area (Å²) in [5, 5.41) is 0. The summed E-state index contributed by atoms with van der Waals surface area (Å²) in [6.45, 7) is 3.79. The van der Waals surface area contributed by atoms with Gasteiger partial charge in [-0.05, 0) is 31.0 Å². The van der Waals surface area contributed by atoms with Crippen molar-refractivity contribution in [1.82, 2.24) is 0 Å². The first-order valence-corrected chi connectivity index (χ1v) is 6.15. The number of unbranched alkanes of at least 4 members (excludes halogenated alkanes) is 1. The number of anilines is 2. The lowest BCUT2D eigenvalue weighted by molar-refractivity contribution is -0.137. The Labute approximate surface area is 117 Å². The van der Waals surface area contributed by atoms with E-state index in [2.05, 4.69) is 6.58 Å². The molecule has 1 rings (SSSR count). The molecule has 0 aliphatic heterocycles. The van der Waals surface area contributed by atoms with Crippen LogP contribution in [0.25, 0.3) is 0 Å². The minimum atomic E-state index is -0.480. The number of carbonyl (C=O) groups excluding carboxylic acids is 2. The van der Waals surface area contributed by atoms with Gasteiger partial charge in [0.2, 0.25) is 0 Å². The monoisotopic (exact) mass is 278 g/mol. The predicted molar refractivity (Wildman–Crippen MR) is 75.9 cm³/mol. The Balaban J connectivity index is 2.26. The quantitative estimate of drug-likeness (QED) is 0.339. The maximum atomic E-state index is 11.7. The Morgan fingerprint density at radius 1 is 1.05 bits per heavy atom. The highest BCUT2D eigenvalue weighted by molar-refractivity contribution is 5.91. The molecule has 0 saturated heterocycles. The third-order valence-corrected chi connectivity index (χ3v) is 2.40. The van der Waals surface area contributed by atoms with E-state index in [0.29, 0.717) is 29.8 Å². The zero-order chi connectivity index (χ0) is 15.0. The van der Waals surface area contributed by atoms with Gasteiger partial charge < -0.3 is 20.9 Å². The molecular weight excluding hydrogens is 260 g/mol. The second-order valence-corrected chi connectivity index (χ2v) is 4.10. The lowest BCUT2D eigenvalue weighted by atomic mass is 10.2. The van der Waals surface area contributed by atoms with Gasteiger partial charge in [-0.2, -0.15) is 0 Å². The number of benzene rings is 1. The highest BCUT2D eigenvalue weighted by Gasteiger charge is 2.08. The fourth-order valence-electron chi connectivity index (χ4n) is 1.48. The van der Waals surface area contributed by atoms with Crippen LogP contribution in [0.15, 0.2) is 30.9 Å². The number of carbonyl (C=O) groups is 2. The van der Waals surface area contributed by atoms with E-state index < -0.39 is 11.9 Å². The molecule has 0 fully saturated rings. The summed E-state index contributed by atoms with van der Waals surface area (Å²) in [6, 6.07) is 4.57. The van der Waals surface area contributed by atoms with Crippen LogP contribution in [0.1, 0.15) is 23.2 Å². The molecule has 0 bridgehead atoms. The predicted octanol–water partition coefficient (Wildman–Crippen LogP) is 1.52. The van der Waals surface area contributed by atoms with Gasteiger partial charge in [-0.3, -0.25) is 0 Å². The van der Waals surface area contributed by atoms with Crippen LogP contribution in [-0.4, -0.2) is 25.2 Å². The van der Waals surface area contributed by atoms with E-state index in [9.17, 15) is 9.59 Å². The molecule has 0 aliphatic rings. The molecular formula is C14H18N2O4. The van der Waals surface area contributed by atoms with Crippen molar-refractivity contribution in [2.45, 2.75) is 12.8 Å². The van der Waals surface area contributed by atoms with Crippen LogP contribution in [-0.2, 0) is 14.3 Å². The topological polar surface area (TPSA) is 105 Å². The smallest absolute Gasteiger partial charge is 0.338 e. The molecule has 20 heavy (non-hydrogen) atoms. The first-order chi connectivity index (χ1) is 9.52. The van der Waals surface area contributed by atoms with Crippen LogP contribution in [0, 0.1) is 0 Å². The average Bonchev–Trinajstić information content (AvgIpc) is 2.40. The standard InChI is InChI=1S/C14H18N2O4/c1-2-13(17)19-5-3-4-6-20-14(18)10-7-11(15)9-12(16)8-10/h2,7-9H,1,3-6,15-16H2. The number of nitrogen functional groups attached to an aromatic ring is 2. The lowest BCUT2D eigenvalue weighted by Crippen LogP contribution is -2.09. The van der Waals surface area contributed by atoms with E-state index in [1.807, 2.05) is 0 Å². The summed E-state index contributed by atoms with van der Waals surface area (Å²) < 4.78 is 9.84. The van der Waals surface area contributed by atoms with E-state index in [-0.39, 0.29) is 13.2 Å². The molecule has 0 heterocycles. The molecule has 108 valence electrons. The third kappa shape index (κ3) is 5.43. The van der Waals surface area contributed by atoms with Crippen molar-refractivity contribution >= 4 is 23.3 Å². The van der Waals surface area contributed by atoms with Crippen molar-refractivity contribution in [3.8, 4) is 0 Å². The number of esters is 2. The molecule has 0 spiro atoms. The minimum absolute atomic E-state index is 0.235. The summed E-state index contributed by atoms with van der Waals surface area (Å²) in [5.41, 5.74) is 12.3. The first kappa shape index (κ1) is 15.6. The van der Waals surface area contributed by atoms with Crippen molar-refractivity contribution in [2.75, 3.05) is 24.7 Å². The van der Waals surface area contributed by atoms with Gasteiger partial charge in [-0.1, -0.05) is 6.58 Å². The van der Waals surface area contributed by atoms with Crippen molar-refractivity contribution in [2.24, 2.45) is 0 Å². The third-order valence-electron chi connectivity index (χ3n) is 2.40. The molecule has 0 saturated carbocycles. The highest BCUT2D eigenvalue weighted by atomic mass is 16.5. The van der Waals surface area contributed by atoms with Crippen molar-refractivity contribution in [3.05, 3.63) is 36.4 Å². The van der Waals surface area contributed by atoms with E-state index in [1.165, 1.54) is 12.1 Å². The van der Waals surface area contributed by atoms with Gasteiger partial charge in [0.15, 0.2) is 0 Å². The molecule has 0 aliphatic carbocycles. The van der Waals surface area contributed by atoms with E-state index in [4.69, 9.17) is 20.9 Å². The molecule has 0 aromatic heterocycles. The first-order valence-electron chi connectivity index (χ1n) is 6.15. The van der Waals surface area contributed by atoms with Crippen LogP contribution in [0.3, 0.4) is 0 Å². The largest absolute Gasteiger partial charge is 0.463 e. The zero-order valence-electron chi connectivity index (χ0n) is 11.1. The number of hydrogen-bond donors (Lipinski definition) is 2. The SMILES string of the molecule is C=CC(=O)OCCCCOC(=O)c1cc(N)cc(N)c1. The molecule has 0 unspecified atom stereocenters. The van der Waals surface area contributed by atoms with Crippen molar-refractivity contribution < 1.29 is 19.1 Å². The molecule has 0 radical (unpaired) electrons. The molecule has 1 aromatic carbocycles. The Hall–Kier alpha value is -2.50. The highest BCUT2D eigenvalue weighted by Crippen LogP contribution is 2.14. The maximum absolute atomic E-state index is 11.7. The van der Waals surface area contributed by atoms with Crippen LogP contribution >= 0.6 is 0 Å². The van der Waals surface area contributed by atoms with E-state index in [0.717, 1.165) is 6.08 Å². The molecule has 0 amide bonds.